The number of nitrogens with two attached hydrogens (primary N) is 1. The molecule has 0 spiro atoms. The molecule has 5 heteroatoms. The number of aryl methyl sites for hydroxylation is 1. The number of hydrogen-bond donors (Lipinski definition) is 1. The molecule has 0 atom stereocenters. The van der Waals surface area contributed by atoms with Gasteiger partial charge in [0.05, 0.1) is 11.2 Å². The lowest BCUT2D eigenvalue weighted by molar-refractivity contribution is -0.552. The Morgan fingerprint density at radius 2 is 1.85 bits per heavy atom. The van der Waals surface area contributed by atoms with Crippen molar-refractivity contribution in [2.75, 3.05) is 5.73 Å². The number of ketones is 1. The van der Waals surface area contributed by atoms with Gasteiger partial charge in [-0.05, 0) is 13.0 Å². The number of carbonyl (C=O) groups excluding carboxylic acids is 1. The molecule has 3 nitrogen and oxygen atoms in total. The molecule has 1 aromatic carbocycles. The van der Waals surface area contributed by atoms with Crippen LogP contribution in [0.5, 0.6) is 0 Å². The maximum Gasteiger partial charge on any atom is 0.277 e. The van der Waals surface area contributed by atoms with Gasteiger partial charge in [-0.1, -0.05) is 41.4 Å². The minimum Gasteiger partial charge on any atom is -1.00 e. The van der Waals surface area contributed by atoms with Crippen LogP contribution >= 0.6 is 11.6 Å². The summed E-state index contributed by atoms with van der Waals surface area (Å²) in [5.74, 6) is 0.434. The van der Waals surface area contributed by atoms with E-state index >= 15 is 0 Å². The number of aromatic nitrogens is 1. The van der Waals surface area contributed by atoms with E-state index in [0.717, 1.165) is 5.56 Å². The summed E-state index contributed by atoms with van der Waals surface area (Å²) in [4.78, 5) is 12.0. The van der Waals surface area contributed by atoms with Gasteiger partial charge in [0.2, 0.25) is 0 Å². The van der Waals surface area contributed by atoms with Crippen molar-refractivity contribution in [1.82, 2.24) is 0 Å². The van der Waals surface area contributed by atoms with Crippen molar-refractivity contribution >= 4 is 29.4 Å². The quantitative estimate of drug-likeness (QED) is 0.488. The predicted octanol–water partition coefficient (Wildman–Crippen LogP) is -0.124. The summed E-state index contributed by atoms with van der Waals surface area (Å²) in [5.41, 5.74) is 7.54. The SMILES string of the molecule is Cc1ccc(C(=O)C=C[n+]2cc(Cl)ccc2N)cc1.[Cl-]. The standard InChI is InChI=1S/C15H13ClN2O.ClH/c1-11-2-4-12(5-3-11)14(19)8-9-18-10-13(16)6-7-15(18)17;/h2-10,17H,1H3;1H. The molecule has 2 N–H and O–H groups in total. The fourth-order valence-electron chi connectivity index (χ4n) is 1.59. The first-order valence-electron chi connectivity index (χ1n) is 5.81. The van der Waals surface area contributed by atoms with Gasteiger partial charge in [-0.15, -0.1) is 0 Å². The molecule has 0 saturated carbocycles. The van der Waals surface area contributed by atoms with Crippen LogP contribution in [0.3, 0.4) is 0 Å². The number of nitrogen functional groups attached to an aromatic ring is 1. The molecule has 1 aromatic heterocycles. The molecular weight excluding hydrogens is 295 g/mol. The minimum atomic E-state index is -0.0770. The first kappa shape index (κ1) is 16.2. The number of anilines is 1. The normalized spacial score (nSPS) is 10.3. The monoisotopic (exact) mass is 308 g/mol. The summed E-state index contributed by atoms with van der Waals surface area (Å²) in [6.45, 7) is 1.98. The Morgan fingerprint density at radius 3 is 2.50 bits per heavy atom. The number of hydrogen-bond acceptors (Lipinski definition) is 2. The van der Waals surface area contributed by atoms with Crippen molar-refractivity contribution < 1.29 is 21.8 Å². The fourth-order valence-corrected chi connectivity index (χ4v) is 1.76. The molecule has 0 aliphatic heterocycles. The van der Waals surface area contributed by atoms with Crippen LogP contribution in [-0.2, 0) is 0 Å². The van der Waals surface area contributed by atoms with Gasteiger partial charge in [0.25, 0.3) is 5.82 Å². The van der Waals surface area contributed by atoms with Crippen LogP contribution < -0.4 is 22.7 Å². The third kappa shape index (κ3) is 4.08. The summed E-state index contributed by atoms with van der Waals surface area (Å²) >= 11 is 5.87. The number of carbonyl (C=O) groups is 1. The molecule has 1 heterocycles. The van der Waals surface area contributed by atoms with Crippen molar-refractivity contribution in [3.63, 3.8) is 0 Å². The largest absolute Gasteiger partial charge is 1.00 e. The van der Waals surface area contributed by atoms with E-state index in [2.05, 4.69) is 0 Å². The van der Waals surface area contributed by atoms with E-state index in [1.165, 1.54) is 6.08 Å². The van der Waals surface area contributed by atoms with Crippen molar-refractivity contribution in [1.29, 1.82) is 0 Å². The van der Waals surface area contributed by atoms with Crippen LogP contribution in [0.4, 0.5) is 5.82 Å². The van der Waals surface area contributed by atoms with Gasteiger partial charge in [-0.25, -0.2) is 4.57 Å². The molecule has 0 bridgehead atoms. The summed E-state index contributed by atoms with van der Waals surface area (Å²) in [5, 5.41) is 0.557. The lowest BCUT2D eigenvalue weighted by Crippen LogP contribution is -3.00. The Hall–Kier alpha value is -1.84. The zero-order chi connectivity index (χ0) is 13.8. The highest BCUT2D eigenvalue weighted by Crippen LogP contribution is 2.07. The second-order valence-electron chi connectivity index (χ2n) is 4.23. The third-order valence-electron chi connectivity index (χ3n) is 2.70. The lowest BCUT2D eigenvalue weighted by atomic mass is 10.1. The van der Waals surface area contributed by atoms with Gasteiger partial charge < -0.3 is 12.4 Å². The van der Waals surface area contributed by atoms with E-state index in [9.17, 15) is 4.79 Å². The fraction of sp³-hybridized carbons (Fsp3) is 0.0667. The van der Waals surface area contributed by atoms with Crippen LogP contribution in [0.2, 0.25) is 5.02 Å². The molecule has 0 saturated heterocycles. The maximum atomic E-state index is 12.0. The molecule has 104 valence electrons. The Kier molecular flexibility index (Phi) is 5.74. The van der Waals surface area contributed by atoms with E-state index in [0.29, 0.717) is 16.4 Å². The van der Waals surface area contributed by atoms with Crippen LogP contribution in [0.15, 0.2) is 48.7 Å². The average Bonchev–Trinajstić information content (AvgIpc) is 2.40. The van der Waals surface area contributed by atoms with Gasteiger partial charge in [-0.2, -0.15) is 0 Å². The van der Waals surface area contributed by atoms with Crippen LogP contribution in [0.1, 0.15) is 15.9 Å². The smallest absolute Gasteiger partial charge is 0.277 e. The maximum absolute atomic E-state index is 12.0. The van der Waals surface area contributed by atoms with Crippen LogP contribution in [0.25, 0.3) is 6.20 Å². The van der Waals surface area contributed by atoms with Crippen LogP contribution in [-0.4, -0.2) is 5.78 Å². The molecule has 0 radical (unpaired) electrons. The van der Waals surface area contributed by atoms with Gasteiger partial charge in [0.1, 0.15) is 6.20 Å². The number of rotatable bonds is 3. The van der Waals surface area contributed by atoms with Gasteiger partial charge in [-0.3, -0.25) is 10.5 Å². The molecule has 2 aromatic rings. The summed E-state index contributed by atoms with van der Waals surface area (Å²) in [6, 6.07) is 10.8. The van der Waals surface area contributed by atoms with E-state index in [1.807, 2.05) is 19.1 Å². The Labute approximate surface area is 129 Å². The Balaban J connectivity index is 0.00000200. The number of allylic oxidation sites excluding steroid dienone is 1. The van der Waals surface area contributed by atoms with Crippen molar-refractivity contribution in [2.45, 2.75) is 6.92 Å². The molecule has 0 amide bonds. The number of halogens is 2. The Morgan fingerprint density at radius 1 is 1.20 bits per heavy atom. The molecule has 0 aliphatic carbocycles. The lowest BCUT2D eigenvalue weighted by Gasteiger charge is -1.98. The molecule has 0 unspecified atom stereocenters. The number of pyridine rings is 1. The van der Waals surface area contributed by atoms with E-state index in [4.69, 9.17) is 17.3 Å². The van der Waals surface area contributed by atoms with Crippen molar-refractivity contribution in [3.05, 3.63) is 64.8 Å². The van der Waals surface area contributed by atoms with E-state index in [1.54, 1.807) is 41.2 Å². The third-order valence-corrected chi connectivity index (χ3v) is 2.92. The average molecular weight is 309 g/mol. The molecule has 2 rings (SSSR count). The molecule has 0 fully saturated rings. The van der Waals surface area contributed by atoms with Gasteiger partial charge >= 0.3 is 0 Å². The van der Waals surface area contributed by atoms with Crippen LogP contribution in [0, 0.1) is 6.92 Å². The Bertz CT molecular complexity index is 637. The highest BCUT2D eigenvalue weighted by atomic mass is 35.5. The first-order valence-corrected chi connectivity index (χ1v) is 6.19. The zero-order valence-electron chi connectivity index (χ0n) is 10.9. The van der Waals surface area contributed by atoms with Crippen molar-refractivity contribution in [2.24, 2.45) is 0 Å². The summed E-state index contributed by atoms with van der Waals surface area (Å²) in [6.07, 6.45) is 4.72. The molecule has 20 heavy (non-hydrogen) atoms. The molecule has 0 aliphatic rings. The second-order valence-corrected chi connectivity index (χ2v) is 4.66. The topological polar surface area (TPSA) is 47.0 Å². The first-order chi connectivity index (χ1) is 9.06. The molecular formula is C15H14Cl2N2O. The summed E-state index contributed by atoms with van der Waals surface area (Å²) < 4.78 is 1.61. The van der Waals surface area contributed by atoms with E-state index in [-0.39, 0.29) is 18.2 Å². The van der Waals surface area contributed by atoms with E-state index < -0.39 is 0 Å². The number of benzene rings is 1. The second kappa shape index (κ2) is 7.08. The summed E-state index contributed by atoms with van der Waals surface area (Å²) in [7, 11) is 0. The zero-order valence-corrected chi connectivity index (χ0v) is 12.4. The van der Waals surface area contributed by atoms with Gasteiger partial charge in [0.15, 0.2) is 5.78 Å². The van der Waals surface area contributed by atoms with Crippen molar-refractivity contribution in [3.8, 4) is 0 Å². The predicted molar refractivity (Wildman–Crippen MR) is 76.9 cm³/mol. The highest BCUT2D eigenvalue weighted by Gasteiger charge is 2.04. The highest BCUT2D eigenvalue weighted by molar-refractivity contribution is 6.30. The minimum absolute atomic E-state index is 0. The van der Waals surface area contributed by atoms with Gasteiger partial charge in [0, 0.05) is 17.7 Å². The number of nitrogens with zero attached hydrogens (tertiary/aromatic N) is 1.